The van der Waals surface area contributed by atoms with Gasteiger partial charge in [0.05, 0.1) is 30.5 Å². The largest absolute Gasteiger partial charge is 0.495 e. The van der Waals surface area contributed by atoms with Crippen LogP contribution >= 0.6 is 11.6 Å². The van der Waals surface area contributed by atoms with Gasteiger partial charge in [-0.25, -0.2) is 4.79 Å². The van der Waals surface area contributed by atoms with Crippen LogP contribution < -0.4 is 15.6 Å². The number of hydrogen-bond acceptors (Lipinski definition) is 6. The Labute approximate surface area is 226 Å². The second-order valence-corrected chi connectivity index (χ2v) is 10.5. The van der Waals surface area contributed by atoms with Gasteiger partial charge in [0, 0.05) is 27.9 Å². The highest BCUT2D eigenvalue weighted by atomic mass is 35.5. The minimum absolute atomic E-state index is 0.259. The van der Waals surface area contributed by atoms with E-state index in [1.807, 2.05) is 13.8 Å². The number of pyridine rings is 1. The first-order chi connectivity index (χ1) is 17.8. The Morgan fingerprint density at radius 2 is 1.71 bits per heavy atom. The number of aromatic nitrogens is 1. The second-order valence-electron chi connectivity index (χ2n) is 10.1. The first-order valence-corrected chi connectivity index (χ1v) is 12.4. The number of amides is 1. The van der Waals surface area contributed by atoms with Crippen LogP contribution in [0.4, 0.5) is 5.69 Å². The van der Waals surface area contributed by atoms with Crippen LogP contribution in [-0.4, -0.2) is 29.2 Å². The summed E-state index contributed by atoms with van der Waals surface area (Å²) in [6, 6.07) is 13.7. The minimum Gasteiger partial charge on any atom is -0.495 e. The molecule has 38 heavy (non-hydrogen) atoms. The number of ether oxygens (including phenoxy) is 2. The zero-order chi connectivity index (χ0) is 28.2. The van der Waals surface area contributed by atoms with Gasteiger partial charge in [-0.1, -0.05) is 25.4 Å². The fourth-order valence-corrected chi connectivity index (χ4v) is 4.12. The summed E-state index contributed by atoms with van der Waals surface area (Å²) in [5.41, 5.74) is 0.929. The molecule has 198 valence electrons. The van der Waals surface area contributed by atoms with Crippen molar-refractivity contribution in [3.63, 3.8) is 0 Å². The zero-order valence-electron chi connectivity index (χ0n) is 22.2. The lowest BCUT2D eigenvalue weighted by Crippen LogP contribution is -2.36. The molecule has 1 N–H and O–H groups in total. The Morgan fingerprint density at radius 3 is 2.26 bits per heavy atom. The van der Waals surface area contributed by atoms with Crippen molar-refractivity contribution in [1.82, 2.24) is 4.57 Å². The van der Waals surface area contributed by atoms with Gasteiger partial charge < -0.3 is 14.8 Å². The van der Waals surface area contributed by atoms with Crippen molar-refractivity contribution in [3.05, 3.63) is 81.2 Å². The van der Waals surface area contributed by atoms with E-state index in [2.05, 4.69) is 11.4 Å². The van der Waals surface area contributed by atoms with Crippen LogP contribution in [0.3, 0.4) is 0 Å². The first-order valence-electron chi connectivity index (χ1n) is 12.0. The molecule has 0 saturated carbocycles. The van der Waals surface area contributed by atoms with Crippen molar-refractivity contribution in [2.75, 3.05) is 12.4 Å². The summed E-state index contributed by atoms with van der Waals surface area (Å²) in [5.74, 6) is -0.829. The van der Waals surface area contributed by atoms with Gasteiger partial charge >= 0.3 is 5.97 Å². The molecule has 0 aliphatic rings. The molecule has 8 nitrogen and oxygen atoms in total. The summed E-state index contributed by atoms with van der Waals surface area (Å²) in [6.45, 7) is 9.01. The normalized spacial score (nSPS) is 12.0. The van der Waals surface area contributed by atoms with Gasteiger partial charge in [-0.3, -0.25) is 14.2 Å². The summed E-state index contributed by atoms with van der Waals surface area (Å²) in [5, 5.41) is 12.8. The molecule has 0 bridgehead atoms. The quantitative estimate of drug-likeness (QED) is 0.380. The van der Waals surface area contributed by atoms with Gasteiger partial charge in [-0.05, 0) is 69.2 Å². The van der Waals surface area contributed by atoms with E-state index in [9.17, 15) is 19.6 Å². The number of carbonyl (C=O) groups excluding carboxylic acids is 2. The first kappa shape index (κ1) is 28.5. The maximum Gasteiger partial charge on any atom is 0.338 e. The van der Waals surface area contributed by atoms with Crippen molar-refractivity contribution in [2.45, 2.75) is 46.3 Å². The number of nitriles is 1. The molecule has 0 radical (unpaired) electrons. The van der Waals surface area contributed by atoms with Gasteiger partial charge in [-0.15, -0.1) is 0 Å². The molecule has 0 aliphatic carbocycles. The lowest BCUT2D eigenvalue weighted by Gasteiger charge is -2.24. The second kappa shape index (κ2) is 11.5. The molecular weight excluding hydrogens is 506 g/mol. The highest BCUT2D eigenvalue weighted by molar-refractivity contribution is 6.31. The molecule has 3 rings (SSSR count). The highest BCUT2D eigenvalue weighted by Crippen LogP contribution is 2.34. The number of halogens is 1. The van der Waals surface area contributed by atoms with Gasteiger partial charge in [0.25, 0.3) is 5.56 Å². The van der Waals surface area contributed by atoms with Crippen molar-refractivity contribution in [1.29, 1.82) is 5.26 Å². The van der Waals surface area contributed by atoms with Crippen molar-refractivity contribution in [2.24, 2.45) is 5.92 Å². The monoisotopic (exact) mass is 535 g/mol. The van der Waals surface area contributed by atoms with E-state index >= 15 is 0 Å². The summed E-state index contributed by atoms with van der Waals surface area (Å²) in [4.78, 5) is 38.9. The Kier molecular flexibility index (Phi) is 8.64. The topological polar surface area (TPSA) is 110 Å². The Balaban J connectivity index is 1.94. The van der Waals surface area contributed by atoms with E-state index in [1.165, 1.54) is 23.9 Å². The molecule has 3 aromatic rings. The summed E-state index contributed by atoms with van der Waals surface area (Å²) in [7, 11) is 1.45. The number of esters is 1. The number of hydrogen-bond donors (Lipinski definition) is 1. The predicted octanol–water partition coefficient (Wildman–Crippen LogP) is 5.84. The molecule has 0 spiro atoms. The molecule has 0 saturated heterocycles. The number of anilines is 1. The lowest BCUT2D eigenvalue weighted by atomic mass is 9.99. The Morgan fingerprint density at radius 1 is 1.05 bits per heavy atom. The van der Waals surface area contributed by atoms with Crippen LogP contribution in [0.1, 0.15) is 56.6 Å². The van der Waals surface area contributed by atoms with E-state index in [-0.39, 0.29) is 5.92 Å². The molecule has 1 aromatic heterocycles. The fraction of sp³-hybridized carbons (Fsp3) is 0.310. The molecule has 1 unspecified atom stereocenters. The Bertz CT molecular complexity index is 1450. The van der Waals surface area contributed by atoms with Crippen LogP contribution in [0.2, 0.25) is 5.02 Å². The molecule has 1 heterocycles. The molecule has 0 fully saturated rings. The number of carbonyl (C=O) groups is 2. The van der Waals surface area contributed by atoms with Crippen molar-refractivity contribution >= 4 is 29.2 Å². The van der Waals surface area contributed by atoms with Crippen LogP contribution in [-0.2, 0) is 9.53 Å². The molecule has 9 heteroatoms. The van der Waals surface area contributed by atoms with Crippen molar-refractivity contribution < 1.29 is 19.1 Å². The van der Waals surface area contributed by atoms with Gasteiger partial charge in [-0.2, -0.15) is 5.26 Å². The molecular formula is C29H30ClN3O5. The van der Waals surface area contributed by atoms with Gasteiger partial charge in [0.15, 0.2) is 0 Å². The number of benzene rings is 2. The van der Waals surface area contributed by atoms with E-state index < -0.39 is 29.1 Å². The highest BCUT2D eigenvalue weighted by Gasteiger charge is 2.27. The van der Waals surface area contributed by atoms with E-state index in [0.717, 1.165) is 0 Å². The Hall–Kier alpha value is -4.09. The number of rotatable bonds is 7. The third kappa shape index (κ3) is 6.61. The van der Waals surface area contributed by atoms with Crippen molar-refractivity contribution in [3.8, 4) is 22.9 Å². The average Bonchev–Trinajstić information content (AvgIpc) is 2.84. The minimum atomic E-state index is -0.870. The molecule has 0 aliphatic heterocycles. The molecule has 2 aromatic carbocycles. The van der Waals surface area contributed by atoms with Crippen LogP contribution in [0.25, 0.3) is 11.1 Å². The summed E-state index contributed by atoms with van der Waals surface area (Å²) >= 11 is 6.14. The van der Waals surface area contributed by atoms with E-state index in [4.69, 9.17) is 21.1 Å². The maximum absolute atomic E-state index is 13.3. The molecule has 1 atom stereocenters. The van der Waals surface area contributed by atoms with Gasteiger partial charge in [0.1, 0.15) is 17.4 Å². The van der Waals surface area contributed by atoms with Gasteiger partial charge in [0.2, 0.25) is 5.91 Å². The number of nitrogens with one attached hydrogen (secondary N) is 1. The van der Waals surface area contributed by atoms with E-state index in [0.29, 0.717) is 38.7 Å². The number of nitrogens with zero attached hydrogens (tertiary/aromatic N) is 2. The standard InChI is InChI=1S/C29H30ClN3O5/c1-17(2)26(27(35)32-21-11-8-18(9-12-21)28(36)38-29(3,4)5)33-16-24(37-6)23(14-25(33)34)22-13-20(30)10-7-19(22)15-31/h7-14,16-17,26H,1-6H3,(H,32,35). The lowest BCUT2D eigenvalue weighted by molar-refractivity contribution is -0.120. The number of methoxy groups -OCH3 is 1. The van der Waals surface area contributed by atoms with E-state index in [1.54, 1.807) is 63.2 Å². The van der Waals surface area contributed by atoms with Crippen LogP contribution in [0.5, 0.6) is 5.75 Å². The average molecular weight is 536 g/mol. The van der Waals surface area contributed by atoms with Crippen LogP contribution in [0, 0.1) is 17.2 Å². The fourth-order valence-electron chi connectivity index (χ4n) is 3.95. The SMILES string of the molecule is COc1cn(C(C(=O)Nc2ccc(C(=O)OC(C)(C)C)cc2)C(C)C)c(=O)cc1-c1cc(Cl)ccc1C#N. The zero-order valence-corrected chi connectivity index (χ0v) is 22.9. The smallest absolute Gasteiger partial charge is 0.338 e. The third-order valence-electron chi connectivity index (χ3n) is 5.64. The summed E-state index contributed by atoms with van der Waals surface area (Å²) in [6.07, 6.45) is 1.47. The predicted molar refractivity (Wildman–Crippen MR) is 147 cm³/mol. The van der Waals surface area contributed by atoms with Crippen LogP contribution in [0.15, 0.2) is 59.5 Å². The maximum atomic E-state index is 13.3. The molecule has 1 amide bonds. The summed E-state index contributed by atoms with van der Waals surface area (Å²) < 4.78 is 12.2. The third-order valence-corrected chi connectivity index (χ3v) is 5.88.